The molecule has 2 rings (SSSR count). The van der Waals surface area contributed by atoms with Crippen LogP contribution in [0.15, 0.2) is 42.1 Å². The number of carbonyl (C=O) groups excluding carboxylic acids is 1. The number of thioether (sulfide) groups is 1. The van der Waals surface area contributed by atoms with Gasteiger partial charge in [-0.1, -0.05) is 43.8 Å². The van der Waals surface area contributed by atoms with Gasteiger partial charge in [-0.3, -0.25) is 9.36 Å². The molecule has 1 amide bonds. The van der Waals surface area contributed by atoms with Gasteiger partial charge in [-0.15, -0.1) is 16.8 Å². The van der Waals surface area contributed by atoms with Crippen molar-refractivity contribution in [1.29, 1.82) is 5.26 Å². The van der Waals surface area contributed by atoms with E-state index < -0.39 is 10.8 Å². The van der Waals surface area contributed by atoms with Crippen molar-refractivity contribution in [3.8, 4) is 23.2 Å². The van der Waals surface area contributed by atoms with Gasteiger partial charge < -0.3 is 10.1 Å². The molecular weight excluding hydrogens is 386 g/mol. The van der Waals surface area contributed by atoms with E-state index in [2.05, 4.69) is 28.2 Å². The van der Waals surface area contributed by atoms with Crippen LogP contribution in [0.2, 0.25) is 0 Å². The maximum atomic E-state index is 12.7. The van der Waals surface area contributed by atoms with Crippen molar-refractivity contribution < 1.29 is 9.53 Å². The van der Waals surface area contributed by atoms with Crippen LogP contribution in [0.1, 0.15) is 27.7 Å². The zero-order valence-corrected chi connectivity index (χ0v) is 18.3. The van der Waals surface area contributed by atoms with Gasteiger partial charge in [0.1, 0.15) is 11.3 Å². The predicted octanol–water partition coefficient (Wildman–Crippen LogP) is 3.67. The molecule has 1 aromatic carbocycles. The van der Waals surface area contributed by atoms with E-state index in [4.69, 9.17) is 4.74 Å². The number of nitrogens with zero attached hydrogens (tertiary/aromatic N) is 4. The molecule has 2 aromatic rings. The Balaban J connectivity index is 2.29. The molecule has 1 N–H and O–H groups in total. The van der Waals surface area contributed by atoms with Gasteiger partial charge in [0.25, 0.3) is 0 Å². The number of methoxy groups -OCH3 is 1. The summed E-state index contributed by atoms with van der Waals surface area (Å²) in [6, 6.07) is 9.76. The summed E-state index contributed by atoms with van der Waals surface area (Å²) in [7, 11) is 1.61. The zero-order valence-electron chi connectivity index (χ0n) is 17.5. The van der Waals surface area contributed by atoms with Crippen LogP contribution in [0.25, 0.3) is 11.4 Å². The Labute approximate surface area is 176 Å². The van der Waals surface area contributed by atoms with Crippen LogP contribution in [0, 0.1) is 17.2 Å². The lowest BCUT2D eigenvalue weighted by Gasteiger charge is -2.28. The maximum absolute atomic E-state index is 12.7. The minimum absolute atomic E-state index is 0.0183. The third-order valence-electron chi connectivity index (χ3n) is 4.80. The molecule has 0 spiro atoms. The Hall–Kier alpha value is -2.79. The lowest BCUT2D eigenvalue weighted by molar-refractivity contribution is -0.121. The highest BCUT2D eigenvalue weighted by Gasteiger charge is 2.32. The first-order valence-corrected chi connectivity index (χ1v) is 10.2. The second kappa shape index (κ2) is 9.61. The van der Waals surface area contributed by atoms with Crippen LogP contribution in [-0.4, -0.2) is 38.6 Å². The van der Waals surface area contributed by atoms with E-state index in [9.17, 15) is 10.1 Å². The van der Waals surface area contributed by atoms with Crippen molar-refractivity contribution in [3.63, 3.8) is 0 Å². The number of allylic oxidation sites excluding steroid dienone is 1. The highest BCUT2D eigenvalue weighted by Crippen LogP contribution is 2.32. The van der Waals surface area contributed by atoms with Gasteiger partial charge in [-0.25, -0.2) is 0 Å². The molecule has 1 aromatic heterocycles. The number of carbonyl (C=O) groups is 1. The normalized spacial score (nSPS) is 14.0. The summed E-state index contributed by atoms with van der Waals surface area (Å²) < 4.78 is 7.34. The van der Waals surface area contributed by atoms with Crippen LogP contribution in [0.5, 0.6) is 5.75 Å². The van der Waals surface area contributed by atoms with Gasteiger partial charge in [0.05, 0.1) is 24.0 Å². The lowest BCUT2D eigenvalue weighted by atomic mass is 9.90. The van der Waals surface area contributed by atoms with Crippen LogP contribution < -0.4 is 10.1 Å². The smallest absolute Gasteiger partial charge is 0.234 e. The minimum atomic E-state index is -0.927. The number of benzene rings is 1. The van der Waals surface area contributed by atoms with E-state index in [1.54, 1.807) is 27.0 Å². The average Bonchev–Trinajstić information content (AvgIpc) is 3.09. The van der Waals surface area contributed by atoms with E-state index in [0.717, 1.165) is 5.56 Å². The molecule has 0 aliphatic carbocycles. The summed E-state index contributed by atoms with van der Waals surface area (Å²) in [6.07, 6.45) is 1.75. The first-order chi connectivity index (χ1) is 13.8. The molecular formula is C21H27N5O2S. The summed E-state index contributed by atoms with van der Waals surface area (Å²) in [5.41, 5.74) is -0.117. The first-order valence-electron chi connectivity index (χ1n) is 9.34. The molecule has 0 aliphatic heterocycles. The number of para-hydroxylation sites is 1. The topological polar surface area (TPSA) is 92.8 Å². The van der Waals surface area contributed by atoms with Crippen molar-refractivity contribution >= 4 is 17.7 Å². The molecule has 2 atom stereocenters. The Kier molecular flexibility index (Phi) is 7.46. The number of nitrogens with one attached hydrogen (secondary N) is 1. The van der Waals surface area contributed by atoms with Gasteiger partial charge in [-0.05, 0) is 31.9 Å². The third kappa shape index (κ3) is 4.98. The van der Waals surface area contributed by atoms with Crippen molar-refractivity contribution in [1.82, 2.24) is 20.1 Å². The summed E-state index contributed by atoms with van der Waals surface area (Å²) in [6.45, 7) is 11.6. The van der Waals surface area contributed by atoms with Gasteiger partial charge in [0.15, 0.2) is 11.0 Å². The second-order valence-electron chi connectivity index (χ2n) is 7.12. The van der Waals surface area contributed by atoms with E-state index in [0.29, 0.717) is 23.3 Å². The molecule has 0 saturated heterocycles. The molecule has 0 bridgehead atoms. The molecule has 8 heteroatoms. The monoisotopic (exact) mass is 413 g/mol. The molecule has 0 fully saturated rings. The fourth-order valence-electron chi connectivity index (χ4n) is 2.57. The van der Waals surface area contributed by atoms with Crippen molar-refractivity contribution in [2.45, 2.75) is 50.2 Å². The molecule has 7 nitrogen and oxygen atoms in total. The number of amides is 1. The zero-order chi connectivity index (χ0) is 21.6. The van der Waals surface area contributed by atoms with E-state index in [1.807, 2.05) is 42.7 Å². The SMILES string of the molecule is C=CCn1c(S[C@H](C)C(=O)N[C@](C)(C#N)C(C)C)nnc1-c1ccccc1OC. The largest absolute Gasteiger partial charge is 0.496 e. The minimum Gasteiger partial charge on any atom is -0.496 e. The molecule has 29 heavy (non-hydrogen) atoms. The van der Waals surface area contributed by atoms with Crippen LogP contribution in [-0.2, 0) is 11.3 Å². The number of nitriles is 1. The maximum Gasteiger partial charge on any atom is 0.234 e. The number of hydrogen-bond acceptors (Lipinski definition) is 6. The van der Waals surface area contributed by atoms with Gasteiger partial charge >= 0.3 is 0 Å². The van der Waals surface area contributed by atoms with E-state index in [-0.39, 0.29) is 11.8 Å². The molecule has 1 heterocycles. The fraction of sp³-hybridized carbons (Fsp3) is 0.429. The molecule has 0 saturated carbocycles. The van der Waals surface area contributed by atoms with Crippen molar-refractivity contribution in [3.05, 3.63) is 36.9 Å². The van der Waals surface area contributed by atoms with Crippen LogP contribution >= 0.6 is 11.8 Å². The highest BCUT2D eigenvalue weighted by molar-refractivity contribution is 8.00. The quantitative estimate of drug-likeness (QED) is 0.498. The summed E-state index contributed by atoms with van der Waals surface area (Å²) in [4.78, 5) is 12.7. The standard InChI is InChI=1S/C21H27N5O2S/c1-7-12-26-18(16-10-8-9-11-17(16)28-6)24-25-20(26)29-15(4)19(27)23-21(5,13-22)14(2)3/h7-11,14-15H,1,12H2,2-6H3,(H,23,27)/t15-,21-/m1/s1. The highest BCUT2D eigenvalue weighted by atomic mass is 32.2. The number of ether oxygens (including phenoxy) is 1. The summed E-state index contributed by atoms with van der Waals surface area (Å²) in [5, 5.41) is 21.0. The van der Waals surface area contributed by atoms with E-state index >= 15 is 0 Å². The Morgan fingerprint density at radius 3 is 2.69 bits per heavy atom. The van der Waals surface area contributed by atoms with Gasteiger partial charge in [0, 0.05) is 6.54 Å². The average molecular weight is 414 g/mol. The molecule has 0 aliphatic rings. The number of hydrogen-bond donors (Lipinski definition) is 1. The van der Waals surface area contributed by atoms with Crippen molar-refractivity contribution in [2.75, 3.05) is 7.11 Å². The Morgan fingerprint density at radius 2 is 2.10 bits per heavy atom. The predicted molar refractivity (Wildman–Crippen MR) is 115 cm³/mol. The molecule has 154 valence electrons. The number of aromatic nitrogens is 3. The van der Waals surface area contributed by atoms with Gasteiger partial charge in [-0.2, -0.15) is 5.26 Å². The summed E-state index contributed by atoms with van der Waals surface area (Å²) >= 11 is 1.29. The molecule has 0 unspecified atom stereocenters. The van der Waals surface area contributed by atoms with Gasteiger partial charge in [0.2, 0.25) is 5.91 Å². The van der Waals surface area contributed by atoms with E-state index in [1.165, 1.54) is 11.8 Å². The Morgan fingerprint density at radius 1 is 1.41 bits per heavy atom. The lowest BCUT2D eigenvalue weighted by Crippen LogP contribution is -2.51. The first kappa shape index (κ1) is 22.5. The van der Waals surface area contributed by atoms with Crippen LogP contribution in [0.3, 0.4) is 0 Å². The van der Waals surface area contributed by atoms with Crippen molar-refractivity contribution in [2.24, 2.45) is 5.92 Å². The fourth-order valence-corrected chi connectivity index (χ4v) is 3.43. The number of rotatable bonds is 9. The Bertz CT molecular complexity index is 918. The van der Waals surface area contributed by atoms with Crippen LogP contribution in [0.4, 0.5) is 0 Å². The molecule has 0 radical (unpaired) electrons. The second-order valence-corrected chi connectivity index (χ2v) is 8.43. The third-order valence-corrected chi connectivity index (χ3v) is 5.88. The summed E-state index contributed by atoms with van der Waals surface area (Å²) in [5.74, 6) is 1.09.